The SMILES string of the molecule is Nc1ncnc2c1ncn2[C@@H]1O[C@H](COP(=O)(O)OP(=O)(O)O)[C@@H](O)[C@H]1O.[99Tc]. The van der Waals surface area contributed by atoms with Crippen LogP contribution in [-0.4, -0.2) is 69.3 Å². The Morgan fingerprint density at radius 2 is 1.86 bits per heavy atom. The number of fused-ring (bicyclic) bond motifs is 1. The normalized spacial score (nSPS) is 27.5. The number of aliphatic hydroxyl groups excluding tert-OH is 2. The van der Waals surface area contributed by atoms with Crippen molar-refractivity contribution in [3.63, 3.8) is 0 Å². The van der Waals surface area contributed by atoms with Gasteiger partial charge in [-0.05, 0) is 0 Å². The van der Waals surface area contributed by atoms with Gasteiger partial charge in [0.25, 0.3) is 0 Å². The first-order valence-corrected chi connectivity index (χ1v) is 10.2. The topological polar surface area (TPSA) is 233 Å². The standard InChI is InChI=1S/C10H15N5O10P2.Tc/c11-8-5-9(13-2-12-8)15(3-14-5)10-7(17)6(16)4(24-10)1-23-27(21,22)25-26(18,19)20;/h2-4,6-7,10,16-17H,1H2,(H,21,22)(H2,11,12,13)(H2,18,19,20);/t4-,6-,7-,10-;/m1./s1/i;1+1. The molecule has 0 aliphatic carbocycles. The molecule has 28 heavy (non-hydrogen) atoms. The molecule has 5 atom stereocenters. The molecule has 15 nitrogen and oxygen atoms in total. The molecule has 1 aliphatic heterocycles. The molecule has 0 spiro atoms. The van der Waals surface area contributed by atoms with Crippen LogP contribution >= 0.6 is 15.6 Å². The summed E-state index contributed by atoms with van der Waals surface area (Å²) in [7, 11) is -10.4. The molecule has 2 aromatic heterocycles. The number of anilines is 1. The van der Waals surface area contributed by atoms with Gasteiger partial charge in [-0.1, -0.05) is 0 Å². The molecule has 2 aromatic rings. The molecule has 0 saturated carbocycles. The maximum absolute atomic E-state index is 11.5. The fraction of sp³-hybridized carbons (Fsp3) is 0.500. The fourth-order valence-corrected chi connectivity index (χ4v) is 4.08. The van der Waals surface area contributed by atoms with Gasteiger partial charge in [-0.3, -0.25) is 9.09 Å². The largest absolute Gasteiger partial charge is 0.481 e. The van der Waals surface area contributed by atoms with Crippen LogP contribution in [-0.2, 0) is 42.8 Å². The van der Waals surface area contributed by atoms with Crippen LogP contribution in [0, 0.1) is 0 Å². The summed E-state index contributed by atoms with van der Waals surface area (Å²) in [6.45, 7) is -0.813. The number of hydrogen-bond donors (Lipinski definition) is 6. The Bertz CT molecular complexity index is 938. The second kappa shape index (κ2) is 8.48. The summed E-state index contributed by atoms with van der Waals surface area (Å²) in [4.78, 5) is 38.1. The number of rotatable bonds is 6. The number of nitrogens with two attached hydrogens (primary N) is 1. The average molecular weight is 526 g/mol. The number of hydrogen-bond acceptors (Lipinski definition) is 11. The van der Waals surface area contributed by atoms with E-state index < -0.39 is 46.8 Å². The minimum atomic E-state index is -5.29. The van der Waals surface area contributed by atoms with E-state index in [0.29, 0.717) is 0 Å². The molecule has 3 rings (SSSR count). The first-order valence-electron chi connectivity index (χ1n) is 7.17. The van der Waals surface area contributed by atoms with E-state index >= 15 is 0 Å². The zero-order chi connectivity index (χ0) is 20.0. The van der Waals surface area contributed by atoms with Gasteiger partial charge in [0.1, 0.15) is 30.2 Å². The molecule has 1 radical (unpaired) electrons. The number of ether oxygens (including phenoxy) is 1. The van der Waals surface area contributed by atoms with Gasteiger partial charge in [0, 0.05) is 20.1 Å². The van der Waals surface area contributed by atoms with Gasteiger partial charge in [0.2, 0.25) is 0 Å². The molecule has 18 heteroatoms. The molecule has 0 aromatic carbocycles. The van der Waals surface area contributed by atoms with Gasteiger partial charge in [-0.25, -0.2) is 24.1 Å². The van der Waals surface area contributed by atoms with Gasteiger partial charge in [-0.2, -0.15) is 4.31 Å². The Labute approximate surface area is 169 Å². The first kappa shape index (κ1) is 23.4. The molecule has 3 heterocycles. The van der Waals surface area contributed by atoms with E-state index in [2.05, 4.69) is 23.8 Å². The number of phosphoric acid groups is 2. The van der Waals surface area contributed by atoms with Crippen LogP contribution in [0.1, 0.15) is 6.23 Å². The zero-order valence-corrected chi connectivity index (χ0v) is 17.2. The Balaban J connectivity index is 0.00000280. The van der Waals surface area contributed by atoms with Gasteiger partial charge >= 0.3 is 15.6 Å². The summed E-state index contributed by atoms with van der Waals surface area (Å²) >= 11 is 0. The van der Waals surface area contributed by atoms with E-state index in [1.165, 1.54) is 10.9 Å². The minimum Gasteiger partial charge on any atom is -0.387 e. The van der Waals surface area contributed by atoms with E-state index in [0.717, 1.165) is 6.33 Å². The molecule has 157 valence electrons. The molecule has 1 fully saturated rings. The molecule has 1 saturated heterocycles. The van der Waals surface area contributed by atoms with Crippen molar-refractivity contribution in [1.82, 2.24) is 19.5 Å². The van der Waals surface area contributed by atoms with Crippen LogP contribution in [0.4, 0.5) is 5.82 Å². The zero-order valence-electron chi connectivity index (χ0n) is 13.6. The van der Waals surface area contributed by atoms with E-state index in [9.17, 15) is 24.2 Å². The Hall–Kier alpha value is -0.861. The first-order chi connectivity index (χ1) is 12.5. The molecule has 7 N–H and O–H groups in total. The fourth-order valence-electron chi connectivity index (χ4n) is 2.48. The number of aromatic nitrogens is 4. The van der Waals surface area contributed by atoms with Crippen molar-refractivity contribution in [2.75, 3.05) is 12.3 Å². The average Bonchev–Trinajstić information content (AvgIpc) is 3.07. The van der Waals surface area contributed by atoms with E-state index in [-0.39, 0.29) is 37.1 Å². The number of nitrogens with zero attached hydrogens (tertiary/aromatic N) is 4. The third kappa shape index (κ3) is 5.00. The second-order valence-corrected chi connectivity index (χ2v) is 8.30. The van der Waals surface area contributed by atoms with Crippen LogP contribution in [0.2, 0.25) is 0 Å². The number of aliphatic hydroxyl groups is 2. The summed E-state index contributed by atoms with van der Waals surface area (Å²) in [5.41, 5.74) is 6.11. The van der Waals surface area contributed by atoms with Crippen molar-refractivity contribution < 1.29 is 67.7 Å². The summed E-state index contributed by atoms with van der Waals surface area (Å²) in [5, 5.41) is 20.3. The quantitative estimate of drug-likeness (QED) is 0.229. The van der Waals surface area contributed by atoms with Crippen molar-refractivity contribution >= 4 is 32.6 Å². The maximum atomic E-state index is 11.5. The third-order valence-electron chi connectivity index (χ3n) is 3.61. The Kier molecular flexibility index (Phi) is 7.09. The molecule has 1 aliphatic rings. The van der Waals surface area contributed by atoms with Crippen molar-refractivity contribution in [3.05, 3.63) is 12.7 Å². The van der Waals surface area contributed by atoms with E-state index in [4.69, 9.17) is 20.3 Å². The molecular weight excluding hydrogens is 511 g/mol. The van der Waals surface area contributed by atoms with Crippen LogP contribution < -0.4 is 5.73 Å². The van der Waals surface area contributed by atoms with Crippen LogP contribution in [0.3, 0.4) is 0 Å². The van der Waals surface area contributed by atoms with Gasteiger partial charge in [-0.15, -0.1) is 0 Å². The monoisotopic (exact) mass is 526 g/mol. The molecular formula is C10H15N5O10P2Tc. The Morgan fingerprint density at radius 1 is 1.18 bits per heavy atom. The van der Waals surface area contributed by atoms with Crippen molar-refractivity contribution in [1.29, 1.82) is 0 Å². The number of nitrogen functional groups attached to an aromatic ring is 1. The smallest absolute Gasteiger partial charge is 0.387 e. The van der Waals surface area contributed by atoms with Crippen molar-refractivity contribution in [2.24, 2.45) is 0 Å². The predicted octanol–water partition coefficient (Wildman–Crippen LogP) is -1.75. The second-order valence-electron chi connectivity index (χ2n) is 5.47. The number of imidazole rings is 1. The van der Waals surface area contributed by atoms with Crippen LogP contribution in [0.25, 0.3) is 11.2 Å². The van der Waals surface area contributed by atoms with Crippen LogP contribution in [0.5, 0.6) is 0 Å². The summed E-state index contributed by atoms with van der Waals surface area (Å²) in [6, 6.07) is 0. The van der Waals surface area contributed by atoms with E-state index in [1.54, 1.807) is 0 Å². The third-order valence-corrected chi connectivity index (χ3v) is 5.76. The maximum Gasteiger partial charge on any atom is 0.481 e. The van der Waals surface area contributed by atoms with Crippen molar-refractivity contribution in [2.45, 2.75) is 24.5 Å². The molecule has 0 amide bonds. The summed E-state index contributed by atoms with van der Waals surface area (Å²) < 4.78 is 36.8. The predicted molar refractivity (Wildman–Crippen MR) is 84.6 cm³/mol. The van der Waals surface area contributed by atoms with Crippen LogP contribution in [0.15, 0.2) is 12.7 Å². The van der Waals surface area contributed by atoms with E-state index in [1.807, 2.05) is 0 Å². The number of phosphoric ester groups is 1. The molecule has 0 bridgehead atoms. The van der Waals surface area contributed by atoms with Gasteiger partial charge in [0.15, 0.2) is 17.7 Å². The summed E-state index contributed by atoms with van der Waals surface area (Å²) in [6.07, 6.45) is -3.20. The minimum absolute atomic E-state index is 0. The Morgan fingerprint density at radius 3 is 2.50 bits per heavy atom. The molecule has 1 unspecified atom stereocenters. The summed E-state index contributed by atoms with van der Waals surface area (Å²) in [5.74, 6) is 0.0856. The van der Waals surface area contributed by atoms with Gasteiger partial charge < -0.3 is 35.4 Å². The van der Waals surface area contributed by atoms with Crippen molar-refractivity contribution in [3.8, 4) is 0 Å². The van der Waals surface area contributed by atoms with Gasteiger partial charge in [0.05, 0.1) is 12.9 Å².